The van der Waals surface area contributed by atoms with Crippen molar-refractivity contribution in [1.29, 1.82) is 0 Å². The van der Waals surface area contributed by atoms with Crippen LogP contribution in [0.3, 0.4) is 0 Å². The molecule has 2 N–H and O–H groups in total. The SMILES string of the molecule is CCC(CCO)NC(=O)C(C1CCC1)C1CCC1. The maximum atomic E-state index is 12.5. The number of aliphatic hydroxyl groups is 1. The third-order valence-corrected chi connectivity index (χ3v) is 4.93. The lowest BCUT2D eigenvalue weighted by molar-refractivity contribution is -0.132. The second-order valence-corrected chi connectivity index (χ2v) is 6.03. The summed E-state index contributed by atoms with van der Waals surface area (Å²) >= 11 is 0. The molecule has 2 saturated carbocycles. The minimum atomic E-state index is 0.158. The zero-order valence-electron chi connectivity index (χ0n) is 11.5. The van der Waals surface area contributed by atoms with Gasteiger partial charge in [0.2, 0.25) is 5.91 Å². The van der Waals surface area contributed by atoms with Gasteiger partial charge in [0.25, 0.3) is 0 Å². The number of hydrogen-bond acceptors (Lipinski definition) is 2. The molecule has 2 aliphatic carbocycles. The van der Waals surface area contributed by atoms with Crippen LogP contribution in [0, 0.1) is 17.8 Å². The molecule has 0 aromatic rings. The largest absolute Gasteiger partial charge is 0.396 e. The summed E-state index contributed by atoms with van der Waals surface area (Å²) in [6.45, 7) is 2.23. The number of hydrogen-bond donors (Lipinski definition) is 2. The molecule has 2 aliphatic rings. The van der Waals surface area contributed by atoms with Gasteiger partial charge >= 0.3 is 0 Å². The molecular formula is C15H27NO2. The average Bonchev–Trinajstić information content (AvgIpc) is 2.22. The molecule has 1 atom stereocenters. The molecule has 2 rings (SSSR count). The van der Waals surface area contributed by atoms with Crippen LogP contribution in [0.5, 0.6) is 0 Å². The molecule has 0 aliphatic heterocycles. The number of carbonyl (C=O) groups excluding carboxylic acids is 1. The monoisotopic (exact) mass is 253 g/mol. The van der Waals surface area contributed by atoms with Gasteiger partial charge in [-0.1, -0.05) is 19.8 Å². The third kappa shape index (κ3) is 3.05. The fraction of sp³-hybridized carbons (Fsp3) is 0.933. The Morgan fingerprint density at radius 1 is 1.22 bits per heavy atom. The van der Waals surface area contributed by atoms with Gasteiger partial charge in [0.1, 0.15) is 0 Å². The Morgan fingerprint density at radius 3 is 2.11 bits per heavy atom. The zero-order chi connectivity index (χ0) is 13.0. The van der Waals surface area contributed by atoms with Gasteiger partial charge in [0.05, 0.1) is 0 Å². The molecule has 0 spiro atoms. The van der Waals surface area contributed by atoms with Gasteiger partial charge in [-0.2, -0.15) is 0 Å². The summed E-state index contributed by atoms with van der Waals surface area (Å²) in [6, 6.07) is 0.158. The maximum Gasteiger partial charge on any atom is 0.223 e. The lowest BCUT2D eigenvalue weighted by Crippen LogP contribution is -2.47. The summed E-state index contributed by atoms with van der Waals surface area (Å²) < 4.78 is 0. The molecule has 0 radical (unpaired) electrons. The van der Waals surface area contributed by atoms with Crippen LogP contribution in [-0.4, -0.2) is 23.7 Å². The first-order chi connectivity index (χ1) is 8.76. The highest BCUT2D eigenvalue weighted by atomic mass is 16.3. The normalized spacial score (nSPS) is 22.4. The quantitative estimate of drug-likeness (QED) is 0.732. The summed E-state index contributed by atoms with van der Waals surface area (Å²) in [5.41, 5.74) is 0. The lowest BCUT2D eigenvalue weighted by atomic mass is 9.64. The van der Waals surface area contributed by atoms with Gasteiger partial charge in [0.15, 0.2) is 0 Å². The topological polar surface area (TPSA) is 49.3 Å². The fourth-order valence-electron chi connectivity index (χ4n) is 3.24. The van der Waals surface area contributed by atoms with Crippen LogP contribution in [0.4, 0.5) is 0 Å². The maximum absolute atomic E-state index is 12.5. The van der Waals surface area contributed by atoms with E-state index in [-0.39, 0.29) is 24.5 Å². The van der Waals surface area contributed by atoms with Gasteiger partial charge < -0.3 is 10.4 Å². The third-order valence-electron chi connectivity index (χ3n) is 4.93. The predicted molar refractivity (Wildman–Crippen MR) is 72.1 cm³/mol. The van der Waals surface area contributed by atoms with Crippen LogP contribution < -0.4 is 5.32 Å². The molecule has 2 fully saturated rings. The van der Waals surface area contributed by atoms with Crippen molar-refractivity contribution in [2.45, 2.75) is 64.3 Å². The van der Waals surface area contributed by atoms with Crippen molar-refractivity contribution < 1.29 is 9.90 Å². The van der Waals surface area contributed by atoms with Crippen molar-refractivity contribution in [3.63, 3.8) is 0 Å². The van der Waals surface area contributed by atoms with Crippen molar-refractivity contribution in [2.24, 2.45) is 17.8 Å². The van der Waals surface area contributed by atoms with Crippen molar-refractivity contribution in [1.82, 2.24) is 5.32 Å². The highest BCUT2D eigenvalue weighted by Gasteiger charge is 2.40. The van der Waals surface area contributed by atoms with Gasteiger partial charge in [-0.15, -0.1) is 0 Å². The zero-order valence-corrected chi connectivity index (χ0v) is 11.5. The molecule has 18 heavy (non-hydrogen) atoms. The van der Waals surface area contributed by atoms with Crippen LogP contribution in [0.15, 0.2) is 0 Å². The van der Waals surface area contributed by atoms with Crippen LogP contribution in [0.25, 0.3) is 0 Å². The Hall–Kier alpha value is -0.570. The van der Waals surface area contributed by atoms with Gasteiger partial charge in [0, 0.05) is 18.6 Å². The summed E-state index contributed by atoms with van der Waals surface area (Å²) in [4.78, 5) is 12.5. The number of carbonyl (C=O) groups is 1. The second-order valence-electron chi connectivity index (χ2n) is 6.03. The van der Waals surface area contributed by atoms with Gasteiger partial charge in [-0.3, -0.25) is 4.79 Å². The predicted octanol–water partition coefficient (Wildman–Crippen LogP) is 2.48. The van der Waals surface area contributed by atoms with Crippen LogP contribution in [0.1, 0.15) is 58.3 Å². The Morgan fingerprint density at radius 2 is 1.78 bits per heavy atom. The summed E-state index contributed by atoms with van der Waals surface area (Å²) in [7, 11) is 0. The molecular weight excluding hydrogens is 226 g/mol. The number of rotatable bonds is 7. The Labute approximate surface area is 110 Å². The van der Waals surface area contributed by atoms with Crippen LogP contribution in [0.2, 0.25) is 0 Å². The lowest BCUT2D eigenvalue weighted by Gasteiger charge is -2.42. The second kappa shape index (κ2) is 6.55. The molecule has 1 unspecified atom stereocenters. The van der Waals surface area contributed by atoms with Crippen molar-refractivity contribution >= 4 is 5.91 Å². The Balaban J connectivity index is 1.89. The average molecular weight is 253 g/mol. The van der Waals surface area contributed by atoms with Crippen LogP contribution >= 0.6 is 0 Å². The molecule has 3 heteroatoms. The van der Waals surface area contributed by atoms with Crippen molar-refractivity contribution in [3.05, 3.63) is 0 Å². The van der Waals surface area contributed by atoms with E-state index in [1.165, 1.54) is 38.5 Å². The highest BCUT2D eigenvalue weighted by molar-refractivity contribution is 5.79. The molecule has 1 amide bonds. The Kier molecular flexibility index (Phi) is 5.04. The van der Waals surface area contributed by atoms with E-state index in [9.17, 15) is 4.79 Å². The molecule has 0 bridgehead atoms. The minimum absolute atomic E-state index is 0.158. The van der Waals surface area contributed by atoms with E-state index in [1.807, 2.05) is 0 Å². The van der Waals surface area contributed by atoms with Gasteiger partial charge in [-0.05, 0) is 50.4 Å². The molecule has 3 nitrogen and oxygen atoms in total. The minimum Gasteiger partial charge on any atom is -0.396 e. The first-order valence-corrected chi connectivity index (χ1v) is 7.67. The summed E-state index contributed by atoms with van der Waals surface area (Å²) in [5, 5.41) is 12.2. The Bertz CT molecular complexity index is 258. The molecule has 0 aromatic carbocycles. The van der Waals surface area contributed by atoms with E-state index in [1.54, 1.807) is 0 Å². The first-order valence-electron chi connectivity index (χ1n) is 7.67. The van der Waals surface area contributed by atoms with Crippen molar-refractivity contribution in [2.75, 3.05) is 6.61 Å². The fourth-order valence-corrected chi connectivity index (χ4v) is 3.24. The number of amides is 1. The van der Waals surface area contributed by atoms with E-state index in [2.05, 4.69) is 12.2 Å². The van der Waals surface area contributed by atoms with E-state index in [0.29, 0.717) is 18.3 Å². The number of aliphatic hydroxyl groups excluding tert-OH is 1. The molecule has 0 heterocycles. The molecule has 0 saturated heterocycles. The smallest absolute Gasteiger partial charge is 0.223 e. The van der Waals surface area contributed by atoms with Crippen LogP contribution in [-0.2, 0) is 4.79 Å². The standard InChI is InChI=1S/C15H27NO2/c1-2-13(9-10-17)16-15(18)14(11-5-3-6-11)12-7-4-8-12/h11-14,17H,2-10H2,1H3,(H,16,18). The van der Waals surface area contributed by atoms with E-state index in [0.717, 1.165) is 6.42 Å². The number of nitrogens with one attached hydrogen (secondary N) is 1. The summed E-state index contributed by atoms with van der Waals surface area (Å²) in [6.07, 6.45) is 9.16. The van der Waals surface area contributed by atoms with E-state index < -0.39 is 0 Å². The van der Waals surface area contributed by atoms with E-state index >= 15 is 0 Å². The van der Waals surface area contributed by atoms with Crippen molar-refractivity contribution in [3.8, 4) is 0 Å². The van der Waals surface area contributed by atoms with E-state index in [4.69, 9.17) is 5.11 Å². The molecule has 0 aromatic heterocycles. The summed E-state index contributed by atoms with van der Waals surface area (Å²) in [5.74, 6) is 1.81. The van der Waals surface area contributed by atoms with Gasteiger partial charge in [-0.25, -0.2) is 0 Å². The molecule has 104 valence electrons. The first kappa shape index (κ1) is 13.9. The highest BCUT2D eigenvalue weighted by Crippen LogP contribution is 2.44.